The van der Waals surface area contributed by atoms with Crippen LogP contribution in [-0.4, -0.2) is 15.6 Å². The van der Waals surface area contributed by atoms with Crippen molar-refractivity contribution in [3.63, 3.8) is 0 Å². The van der Waals surface area contributed by atoms with Gasteiger partial charge in [0.2, 0.25) is 0 Å². The van der Waals surface area contributed by atoms with Gasteiger partial charge in [-0.15, -0.1) is 17.9 Å². The highest BCUT2D eigenvalue weighted by Crippen LogP contribution is 2.18. The zero-order valence-electron chi connectivity index (χ0n) is 9.26. The summed E-state index contributed by atoms with van der Waals surface area (Å²) < 4.78 is 2.01. The van der Waals surface area contributed by atoms with Gasteiger partial charge in [-0.25, -0.2) is 4.98 Å². The van der Waals surface area contributed by atoms with Crippen LogP contribution in [0.3, 0.4) is 0 Å². The smallest absolute Gasteiger partial charge is 0.0991 e. The minimum atomic E-state index is 0.346. The standard InChI is InChI=1S/C12H15N3S/c1-3-10(2)14-7-12-6-11(8-16-12)15-5-4-13-9-15/h3-6,8-10,14H,1,7H2,2H3. The number of rotatable bonds is 5. The summed E-state index contributed by atoms with van der Waals surface area (Å²) in [5.74, 6) is 0. The first-order chi connectivity index (χ1) is 7.79. The summed E-state index contributed by atoms with van der Waals surface area (Å²) in [5.41, 5.74) is 1.17. The number of aromatic nitrogens is 2. The Morgan fingerprint density at radius 3 is 3.25 bits per heavy atom. The lowest BCUT2D eigenvalue weighted by molar-refractivity contribution is 0.639. The van der Waals surface area contributed by atoms with E-state index in [-0.39, 0.29) is 0 Å². The van der Waals surface area contributed by atoms with Crippen molar-refractivity contribution in [2.75, 3.05) is 0 Å². The molecule has 0 aromatic carbocycles. The average molecular weight is 233 g/mol. The largest absolute Gasteiger partial charge is 0.306 e. The van der Waals surface area contributed by atoms with Crippen LogP contribution in [0.1, 0.15) is 11.8 Å². The molecule has 1 unspecified atom stereocenters. The van der Waals surface area contributed by atoms with Crippen LogP contribution in [0.4, 0.5) is 0 Å². The second kappa shape index (κ2) is 5.09. The van der Waals surface area contributed by atoms with Gasteiger partial charge in [-0.1, -0.05) is 6.08 Å². The van der Waals surface area contributed by atoms with Crippen molar-refractivity contribution in [2.45, 2.75) is 19.5 Å². The van der Waals surface area contributed by atoms with Gasteiger partial charge in [-0.05, 0) is 13.0 Å². The minimum Gasteiger partial charge on any atom is -0.306 e. The maximum absolute atomic E-state index is 4.03. The van der Waals surface area contributed by atoms with Gasteiger partial charge < -0.3 is 9.88 Å². The van der Waals surface area contributed by atoms with E-state index in [1.54, 1.807) is 17.5 Å². The predicted octanol–water partition coefficient (Wildman–Crippen LogP) is 2.60. The SMILES string of the molecule is C=CC(C)NCc1cc(-n2ccnc2)cs1. The monoisotopic (exact) mass is 233 g/mol. The maximum atomic E-state index is 4.03. The molecular formula is C12H15N3S. The van der Waals surface area contributed by atoms with E-state index in [0.717, 1.165) is 6.54 Å². The molecule has 0 saturated carbocycles. The van der Waals surface area contributed by atoms with Crippen LogP contribution in [0, 0.1) is 0 Å². The van der Waals surface area contributed by atoms with Crippen LogP contribution in [0.25, 0.3) is 5.69 Å². The lowest BCUT2D eigenvalue weighted by Crippen LogP contribution is -2.22. The van der Waals surface area contributed by atoms with Gasteiger partial charge in [-0.3, -0.25) is 0 Å². The summed E-state index contributed by atoms with van der Waals surface area (Å²) in [4.78, 5) is 5.35. The van der Waals surface area contributed by atoms with Gasteiger partial charge in [0.05, 0.1) is 12.0 Å². The van der Waals surface area contributed by atoms with Crippen molar-refractivity contribution in [3.8, 4) is 5.69 Å². The molecule has 4 heteroatoms. The summed E-state index contributed by atoms with van der Waals surface area (Å²) >= 11 is 1.75. The van der Waals surface area contributed by atoms with E-state index in [1.165, 1.54) is 10.6 Å². The van der Waals surface area contributed by atoms with Crippen LogP contribution < -0.4 is 5.32 Å². The lowest BCUT2D eigenvalue weighted by atomic mass is 10.3. The second-order valence-electron chi connectivity index (χ2n) is 3.65. The zero-order valence-corrected chi connectivity index (χ0v) is 10.1. The molecule has 0 aliphatic heterocycles. The van der Waals surface area contributed by atoms with Crippen LogP contribution in [0.15, 0.2) is 42.8 Å². The Morgan fingerprint density at radius 1 is 1.69 bits per heavy atom. The van der Waals surface area contributed by atoms with E-state index in [4.69, 9.17) is 0 Å². The van der Waals surface area contributed by atoms with Crippen LogP contribution in [0.2, 0.25) is 0 Å². The molecule has 2 aromatic heterocycles. The van der Waals surface area contributed by atoms with E-state index in [9.17, 15) is 0 Å². The van der Waals surface area contributed by atoms with Crippen LogP contribution >= 0.6 is 11.3 Å². The molecule has 0 amide bonds. The van der Waals surface area contributed by atoms with Gasteiger partial charge in [0.25, 0.3) is 0 Å². The number of imidazole rings is 1. The number of thiophene rings is 1. The zero-order chi connectivity index (χ0) is 11.4. The quantitative estimate of drug-likeness (QED) is 0.804. The number of nitrogens with one attached hydrogen (secondary N) is 1. The van der Waals surface area contributed by atoms with E-state index in [2.05, 4.69) is 35.2 Å². The average Bonchev–Trinajstić information content (AvgIpc) is 2.95. The summed E-state index contributed by atoms with van der Waals surface area (Å²) in [6.07, 6.45) is 7.46. The first-order valence-electron chi connectivity index (χ1n) is 5.21. The molecule has 84 valence electrons. The molecule has 0 bridgehead atoms. The van der Waals surface area contributed by atoms with E-state index >= 15 is 0 Å². The minimum absolute atomic E-state index is 0.346. The van der Waals surface area contributed by atoms with Crippen LogP contribution in [-0.2, 0) is 6.54 Å². The molecule has 0 spiro atoms. The van der Waals surface area contributed by atoms with Gasteiger partial charge in [0.1, 0.15) is 0 Å². The molecule has 0 saturated heterocycles. The summed E-state index contributed by atoms with van der Waals surface area (Å²) in [6.45, 7) is 6.72. The third kappa shape index (κ3) is 2.59. The Bertz CT molecular complexity index is 445. The normalized spacial score (nSPS) is 12.6. The number of hydrogen-bond donors (Lipinski definition) is 1. The van der Waals surface area contributed by atoms with E-state index in [1.807, 2.05) is 23.2 Å². The van der Waals surface area contributed by atoms with Crippen molar-refractivity contribution >= 4 is 11.3 Å². The van der Waals surface area contributed by atoms with Gasteiger partial charge in [0, 0.05) is 35.2 Å². The second-order valence-corrected chi connectivity index (χ2v) is 4.64. The molecule has 2 aromatic rings. The molecule has 0 aliphatic rings. The summed E-state index contributed by atoms with van der Waals surface area (Å²) in [6, 6.07) is 2.52. The van der Waals surface area contributed by atoms with Crippen molar-refractivity contribution in [1.82, 2.24) is 14.9 Å². The number of hydrogen-bond acceptors (Lipinski definition) is 3. The number of nitrogens with zero attached hydrogens (tertiary/aromatic N) is 2. The van der Waals surface area contributed by atoms with Crippen molar-refractivity contribution < 1.29 is 0 Å². The van der Waals surface area contributed by atoms with Crippen LogP contribution in [0.5, 0.6) is 0 Å². The molecule has 0 fully saturated rings. The molecule has 2 rings (SSSR count). The topological polar surface area (TPSA) is 29.9 Å². The molecule has 0 radical (unpaired) electrons. The lowest BCUT2D eigenvalue weighted by Gasteiger charge is -2.06. The first kappa shape index (κ1) is 11.1. The fraction of sp³-hybridized carbons (Fsp3) is 0.250. The fourth-order valence-corrected chi connectivity index (χ4v) is 2.17. The molecule has 0 aliphatic carbocycles. The van der Waals surface area contributed by atoms with Crippen molar-refractivity contribution in [3.05, 3.63) is 47.7 Å². The van der Waals surface area contributed by atoms with Gasteiger partial charge in [0.15, 0.2) is 0 Å². The molecule has 1 N–H and O–H groups in total. The Kier molecular flexibility index (Phi) is 3.54. The Balaban J connectivity index is 2.00. The highest BCUT2D eigenvalue weighted by Gasteiger charge is 2.02. The molecule has 16 heavy (non-hydrogen) atoms. The highest BCUT2D eigenvalue weighted by atomic mass is 32.1. The Hall–Kier alpha value is -1.39. The van der Waals surface area contributed by atoms with Crippen molar-refractivity contribution in [2.24, 2.45) is 0 Å². The van der Waals surface area contributed by atoms with Gasteiger partial charge in [-0.2, -0.15) is 0 Å². The Morgan fingerprint density at radius 2 is 2.56 bits per heavy atom. The summed E-state index contributed by atoms with van der Waals surface area (Å²) in [7, 11) is 0. The molecule has 2 heterocycles. The maximum Gasteiger partial charge on any atom is 0.0991 e. The molecule has 3 nitrogen and oxygen atoms in total. The van der Waals surface area contributed by atoms with E-state index in [0.29, 0.717) is 6.04 Å². The van der Waals surface area contributed by atoms with Gasteiger partial charge >= 0.3 is 0 Å². The highest BCUT2D eigenvalue weighted by molar-refractivity contribution is 7.10. The predicted molar refractivity (Wildman–Crippen MR) is 67.9 cm³/mol. The third-order valence-corrected chi connectivity index (χ3v) is 3.32. The summed E-state index contributed by atoms with van der Waals surface area (Å²) in [5, 5.41) is 5.51. The first-order valence-corrected chi connectivity index (χ1v) is 6.09. The fourth-order valence-electron chi connectivity index (χ4n) is 1.35. The molecule has 1 atom stereocenters. The van der Waals surface area contributed by atoms with Crippen molar-refractivity contribution in [1.29, 1.82) is 0 Å². The third-order valence-electron chi connectivity index (χ3n) is 2.39. The Labute approximate surface area is 99.5 Å². The molecular weight excluding hydrogens is 218 g/mol. The van der Waals surface area contributed by atoms with E-state index < -0.39 is 0 Å².